The van der Waals surface area contributed by atoms with E-state index in [-0.39, 0.29) is 11.9 Å². The van der Waals surface area contributed by atoms with E-state index in [1.54, 1.807) is 0 Å². The molecule has 0 aliphatic heterocycles. The van der Waals surface area contributed by atoms with E-state index in [4.69, 9.17) is 0 Å². The Balaban J connectivity index is 2.01. The van der Waals surface area contributed by atoms with Crippen molar-refractivity contribution < 1.29 is 9.36 Å². The smallest absolute Gasteiger partial charge is 0.286 e. The van der Waals surface area contributed by atoms with E-state index in [1.807, 2.05) is 61.0 Å². The van der Waals surface area contributed by atoms with E-state index in [0.717, 1.165) is 11.3 Å². The number of amides is 1. The van der Waals surface area contributed by atoms with Crippen molar-refractivity contribution in [3.05, 3.63) is 65.5 Å². The number of hydrogen-bond acceptors (Lipinski definition) is 1. The van der Waals surface area contributed by atoms with Gasteiger partial charge in [-0.3, -0.25) is 4.79 Å². The van der Waals surface area contributed by atoms with Crippen LogP contribution in [-0.2, 0) is 11.3 Å². The highest BCUT2D eigenvalue weighted by Crippen LogP contribution is 2.10. The molecule has 0 fully saturated rings. The van der Waals surface area contributed by atoms with Crippen LogP contribution in [0, 0.1) is 13.8 Å². The largest absolute Gasteiger partial charge is 0.344 e. The number of aromatic nitrogens is 1. The minimum absolute atomic E-state index is 0.0226. The highest BCUT2D eigenvalue weighted by atomic mass is 16.2. The Kier molecular flexibility index (Phi) is 4.51. The van der Waals surface area contributed by atoms with Crippen molar-refractivity contribution in [2.75, 3.05) is 0 Å². The number of rotatable bonds is 4. The molecule has 0 saturated carbocycles. The Labute approximate surface area is 120 Å². The predicted octanol–water partition coefficient (Wildman–Crippen LogP) is 2.47. The maximum Gasteiger partial charge on any atom is 0.286 e. The van der Waals surface area contributed by atoms with Gasteiger partial charge >= 0.3 is 0 Å². The zero-order valence-electron chi connectivity index (χ0n) is 12.3. The van der Waals surface area contributed by atoms with Gasteiger partial charge in [0, 0.05) is 18.6 Å². The molecule has 0 aliphatic carbocycles. The number of nitrogens with zero attached hydrogens (tertiary/aromatic N) is 1. The number of nitrogens with one attached hydrogen (secondary N) is 1. The van der Waals surface area contributed by atoms with Crippen molar-refractivity contribution in [3.63, 3.8) is 0 Å². The molecule has 1 aromatic heterocycles. The average molecular weight is 269 g/mol. The summed E-state index contributed by atoms with van der Waals surface area (Å²) in [4.78, 5) is 12.1. The third kappa shape index (κ3) is 3.44. The van der Waals surface area contributed by atoms with Crippen molar-refractivity contribution in [2.24, 2.45) is 0 Å². The molecule has 2 rings (SSSR count). The number of carbonyl (C=O) groups excluding carboxylic acids is 1. The van der Waals surface area contributed by atoms with Gasteiger partial charge in [0.2, 0.25) is 6.54 Å². The number of carbonyl (C=O) groups is 1. The highest BCUT2D eigenvalue weighted by molar-refractivity contribution is 5.74. The van der Waals surface area contributed by atoms with Crippen LogP contribution in [-0.4, -0.2) is 5.91 Å². The standard InChI is InChI=1S/C17H20N2O/c1-13-8-7-11-19(15(13)3)12-17(20)18-14(2)16-9-5-4-6-10-16/h4-11,14H,12H2,1-3H3/p+1/t14-/m1/s1. The van der Waals surface area contributed by atoms with Crippen LogP contribution in [0.2, 0.25) is 0 Å². The van der Waals surface area contributed by atoms with Crippen molar-refractivity contribution in [3.8, 4) is 0 Å². The lowest BCUT2D eigenvalue weighted by Crippen LogP contribution is -2.45. The highest BCUT2D eigenvalue weighted by Gasteiger charge is 2.16. The van der Waals surface area contributed by atoms with E-state index in [9.17, 15) is 4.79 Å². The molecule has 0 saturated heterocycles. The Hall–Kier alpha value is -2.16. The van der Waals surface area contributed by atoms with Crippen molar-refractivity contribution >= 4 is 5.91 Å². The van der Waals surface area contributed by atoms with E-state index in [2.05, 4.69) is 18.3 Å². The second-order valence-corrected chi connectivity index (χ2v) is 5.10. The van der Waals surface area contributed by atoms with Crippen LogP contribution < -0.4 is 9.88 Å². The molecule has 1 amide bonds. The Morgan fingerprint density at radius 3 is 2.55 bits per heavy atom. The van der Waals surface area contributed by atoms with Gasteiger partial charge in [0.05, 0.1) is 6.04 Å². The third-order valence-corrected chi connectivity index (χ3v) is 3.60. The maximum absolute atomic E-state index is 12.1. The lowest BCUT2D eigenvalue weighted by Gasteiger charge is -2.13. The van der Waals surface area contributed by atoms with E-state index in [1.165, 1.54) is 5.56 Å². The summed E-state index contributed by atoms with van der Waals surface area (Å²) >= 11 is 0. The summed E-state index contributed by atoms with van der Waals surface area (Å²) < 4.78 is 1.97. The zero-order chi connectivity index (χ0) is 14.5. The van der Waals surface area contributed by atoms with E-state index < -0.39 is 0 Å². The summed E-state index contributed by atoms with van der Waals surface area (Å²) in [5.74, 6) is 0.0278. The molecule has 0 aliphatic rings. The van der Waals surface area contributed by atoms with Crippen LogP contribution >= 0.6 is 0 Å². The first-order valence-electron chi connectivity index (χ1n) is 6.88. The van der Waals surface area contributed by atoms with Crippen LogP contribution in [0.4, 0.5) is 0 Å². The summed E-state index contributed by atoms with van der Waals surface area (Å²) in [7, 11) is 0. The van der Waals surface area contributed by atoms with Crippen LogP contribution in [0.25, 0.3) is 0 Å². The minimum Gasteiger partial charge on any atom is -0.344 e. The first kappa shape index (κ1) is 14.3. The van der Waals surface area contributed by atoms with Gasteiger partial charge in [0.15, 0.2) is 11.9 Å². The van der Waals surface area contributed by atoms with Gasteiger partial charge in [-0.15, -0.1) is 0 Å². The summed E-state index contributed by atoms with van der Waals surface area (Å²) in [6.45, 7) is 6.44. The molecule has 2 aromatic rings. The van der Waals surface area contributed by atoms with Gasteiger partial charge in [-0.25, -0.2) is 0 Å². The van der Waals surface area contributed by atoms with Gasteiger partial charge < -0.3 is 5.32 Å². The van der Waals surface area contributed by atoms with Crippen LogP contribution in [0.3, 0.4) is 0 Å². The molecule has 3 nitrogen and oxygen atoms in total. The fourth-order valence-electron chi connectivity index (χ4n) is 2.19. The second kappa shape index (κ2) is 6.33. The molecule has 0 bridgehead atoms. The van der Waals surface area contributed by atoms with Crippen molar-refractivity contribution in [2.45, 2.75) is 33.4 Å². The first-order valence-corrected chi connectivity index (χ1v) is 6.88. The molecule has 104 valence electrons. The van der Waals surface area contributed by atoms with Gasteiger partial charge in [-0.1, -0.05) is 30.3 Å². The van der Waals surface area contributed by atoms with Crippen molar-refractivity contribution in [1.82, 2.24) is 5.32 Å². The zero-order valence-corrected chi connectivity index (χ0v) is 12.3. The molecule has 0 unspecified atom stereocenters. The first-order chi connectivity index (χ1) is 9.58. The van der Waals surface area contributed by atoms with Crippen LogP contribution in [0.5, 0.6) is 0 Å². The van der Waals surface area contributed by atoms with Crippen LogP contribution in [0.1, 0.15) is 29.8 Å². The Morgan fingerprint density at radius 2 is 1.85 bits per heavy atom. The fourth-order valence-corrected chi connectivity index (χ4v) is 2.19. The topological polar surface area (TPSA) is 33.0 Å². The van der Waals surface area contributed by atoms with Gasteiger partial charge in [0.1, 0.15) is 0 Å². The normalized spacial score (nSPS) is 11.9. The lowest BCUT2D eigenvalue weighted by molar-refractivity contribution is -0.690. The number of hydrogen-bond donors (Lipinski definition) is 1. The summed E-state index contributed by atoms with van der Waals surface area (Å²) in [6.07, 6.45) is 1.94. The maximum atomic E-state index is 12.1. The molecule has 0 radical (unpaired) electrons. The number of benzene rings is 1. The summed E-state index contributed by atoms with van der Waals surface area (Å²) in [5, 5.41) is 3.03. The SMILES string of the molecule is Cc1ccc[n+](CC(=O)N[C@H](C)c2ccccc2)c1C. The molecule has 1 aromatic carbocycles. The molecule has 1 atom stereocenters. The second-order valence-electron chi connectivity index (χ2n) is 5.10. The van der Waals surface area contributed by atoms with Crippen molar-refractivity contribution in [1.29, 1.82) is 0 Å². The van der Waals surface area contributed by atoms with Gasteiger partial charge in [-0.05, 0) is 25.5 Å². The number of pyridine rings is 1. The predicted molar refractivity (Wildman–Crippen MR) is 79.1 cm³/mol. The van der Waals surface area contributed by atoms with E-state index >= 15 is 0 Å². The molecule has 3 heteroatoms. The average Bonchev–Trinajstić information content (AvgIpc) is 2.45. The molecular formula is C17H21N2O+. The quantitative estimate of drug-likeness (QED) is 0.850. The molecular weight excluding hydrogens is 248 g/mol. The molecule has 20 heavy (non-hydrogen) atoms. The molecule has 1 N–H and O–H groups in total. The Bertz CT molecular complexity index is 593. The summed E-state index contributed by atoms with van der Waals surface area (Å²) in [5.41, 5.74) is 3.43. The lowest BCUT2D eigenvalue weighted by atomic mass is 10.1. The fraction of sp³-hybridized carbons (Fsp3) is 0.294. The Morgan fingerprint density at radius 1 is 1.15 bits per heavy atom. The molecule has 1 heterocycles. The summed E-state index contributed by atoms with van der Waals surface area (Å²) in [6, 6.07) is 14.0. The molecule has 0 spiro atoms. The number of aryl methyl sites for hydroxylation is 1. The third-order valence-electron chi connectivity index (χ3n) is 3.60. The monoisotopic (exact) mass is 269 g/mol. The minimum atomic E-state index is 0.0226. The van der Waals surface area contributed by atoms with Gasteiger partial charge in [0.25, 0.3) is 5.91 Å². The van der Waals surface area contributed by atoms with Crippen LogP contribution in [0.15, 0.2) is 48.7 Å². The van der Waals surface area contributed by atoms with E-state index in [0.29, 0.717) is 6.54 Å². The van der Waals surface area contributed by atoms with Gasteiger partial charge in [-0.2, -0.15) is 4.57 Å².